The minimum atomic E-state index is -4.76. The largest absolute Gasteiger partial charge is 0.573 e. The molecule has 0 spiro atoms. The molecular formula is C10H8F3N3O2. The van der Waals surface area contributed by atoms with Crippen LogP contribution >= 0.6 is 0 Å². The average molecular weight is 259 g/mol. The maximum Gasteiger partial charge on any atom is 0.573 e. The van der Waals surface area contributed by atoms with Crippen LogP contribution in [0.15, 0.2) is 30.9 Å². The predicted octanol–water partition coefficient (Wildman–Crippen LogP) is 1.93. The van der Waals surface area contributed by atoms with Gasteiger partial charge >= 0.3 is 6.36 Å². The van der Waals surface area contributed by atoms with E-state index in [1.165, 1.54) is 17.3 Å². The van der Waals surface area contributed by atoms with Gasteiger partial charge in [-0.1, -0.05) is 0 Å². The third-order valence-corrected chi connectivity index (χ3v) is 2.08. The van der Waals surface area contributed by atoms with Gasteiger partial charge in [-0.15, -0.1) is 13.2 Å². The highest BCUT2D eigenvalue weighted by Crippen LogP contribution is 2.28. The zero-order valence-electron chi connectivity index (χ0n) is 8.92. The quantitative estimate of drug-likeness (QED) is 0.914. The number of hydrogen-bond acceptors (Lipinski definition) is 4. The lowest BCUT2D eigenvalue weighted by atomic mass is 10.2. The zero-order valence-corrected chi connectivity index (χ0v) is 8.92. The third kappa shape index (κ3) is 3.12. The van der Waals surface area contributed by atoms with Crippen LogP contribution in [-0.4, -0.2) is 26.2 Å². The number of alkyl halides is 3. The summed E-state index contributed by atoms with van der Waals surface area (Å²) in [6, 6.07) is 3.27. The van der Waals surface area contributed by atoms with Crippen LogP contribution in [0.25, 0.3) is 0 Å². The third-order valence-electron chi connectivity index (χ3n) is 2.08. The number of aromatic hydroxyl groups is 1. The zero-order chi connectivity index (χ0) is 13.2. The number of phenolic OH excluding ortho intramolecular Hbond substituents is 1. The van der Waals surface area contributed by atoms with Crippen molar-refractivity contribution in [1.29, 1.82) is 0 Å². The minimum Gasteiger partial charge on any atom is -0.508 e. The lowest BCUT2D eigenvalue weighted by Gasteiger charge is -2.11. The Morgan fingerprint density at radius 3 is 2.72 bits per heavy atom. The van der Waals surface area contributed by atoms with Crippen LogP contribution in [0.3, 0.4) is 0 Å². The van der Waals surface area contributed by atoms with Crippen molar-refractivity contribution in [1.82, 2.24) is 14.8 Å². The van der Waals surface area contributed by atoms with E-state index in [1.54, 1.807) is 0 Å². The lowest BCUT2D eigenvalue weighted by Crippen LogP contribution is -2.17. The number of benzene rings is 1. The molecule has 1 heterocycles. The molecule has 1 N–H and O–H groups in total. The van der Waals surface area contributed by atoms with Gasteiger partial charge in [-0.3, -0.25) is 0 Å². The van der Waals surface area contributed by atoms with E-state index in [-0.39, 0.29) is 17.9 Å². The van der Waals surface area contributed by atoms with E-state index in [9.17, 15) is 18.3 Å². The molecule has 0 aliphatic rings. The van der Waals surface area contributed by atoms with Crippen molar-refractivity contribution in [3.05, 3.63) is 36.4 Å². The monoisotopic (exact) mass is 259 g/mol. The summed E-state index contributed by atoms with van der Waals surface area (Å²) in [5.74, 6) is -0.532. The molecule has 1 aromatic heterocycles. The number of aromatic nitrogens is 3. The van der Waals surface area contributed by atoms with Gasteiger partial charge in [0.05, 0.1) is 6.54 Å². The maximum absolute atomic E-state index is 12.0. The Hall–Kier alpha value is -2.25. The summed E-state index contributed by atoms with van der Waals surface area (Å²) in [5, 5.41) is 13.3. The second-order valence-electron chi connectivity index (χ2n) is 3.43. The van der Waals surface area contributed by atoms with Crippen molar-refractivity contribution in [2.75, 3.05) is 0 Å². The second kappa shape index (κ2) is 4.55. The molecule has 5 nitrogen and oxygen atoms in total. The number of hydrogen-bond donors (Lipinski definition) is 1. The van der Waals surface area contributed by atoms with E-state index in [0.717, 1.165) is 18.2 Å². The number of halogens is 3. The van der Waals surface area contributed by atoms with Gasteiger partial charge < -0.3 is 9.84 Å². The number of ether oxygens (including phenoxy) is 1. The summed E-state index contributed by atoms with van der Waals surface area (Å²) in [5.41, 5.74) is 0.252. The van der Waals surface area contributed by atoms with Crippen LogP contribution in [0.2, 0.25) is 0 Å². The Kier molecular flexibility index (Phi) is 3.09. The van der Waals surface area contributed by atoms with Crippen molar-refractivity contribution in [2.24, 2.45) is 0 Å². The summed E-state index contributed by atoms with van der Waals surface area (Å²) in [4.78, 5) is 3.69. The molecule has 2 aromatic rings. The topological polar surface area (TPSA) is 60.2 Å². The Morgan fingerprint density at radius 1 is 1.33 bits per heavy atom. The van der Waals surface area contributed by atoms with E-state index >= 15 is 0 Å². The minimum absolute atomic E-state index is 0.0981. The fourth-order valence-corrected chi connectivity index (χ4v) is 1.37. The molecule has 1 aromatic carbocycles. The van der Waals surface area contributed by atoms with Crippen LogP contribution in [0, 0.1) is 0 Å². The van der Waals surface area contributed by atoms with Gasteiger partial charge in [0.1, 0.15) is 24.2 Å². The molecule has 0 aliphatic carbocycles. The van der Waals surface area contributed by atoms with Crippen LogP contribution in [0.1, 0.15) is 5.56 Å². The normalized spacial score (nSPS) is 11.5. The van der Waals surface area contributed by atoms with Crippen molar-refractivity contribution in [2.45, 2.75) is 12.9 Å². The molecule has 0 unspecified atom stereocenters. The Labute approximate surface area is 99.4 Å². The summed E-state index contributed by atoms with van der Waals surface area (Å²) >= 11 is 0. The van der Waals surface area contributed by atoms with Gasteiger partial charge in [-0.05, 0) is 18.2 Å². The van der Waals surface area contributed by atoms with Crippen LogP contribution in [0.4, 0.5) is 13.2 Å². The predicted molar refractivity (Wildman–Crippen MR) is 53.9 cm³/mol. The molecule has 0 saturated heterocycles. The molecule has 96 valence electrons. The first-order valence-corrected chi connectivity index (χ1v) is 4.84. The molecule has 0 bridgehead atoms. The summed E-state index contributed by atoms with van der Waals surface area (Å²) in [6.07, 6.45) is -2.09. The van der Waals surface area contributed by atoms with E-state index in [0.29, 0.717) is 0 Å². The fraction of sp³-hybridized carbons (Fsp3) is 0.200. The SMILES string of the molecule is Oc1ccc(OC(F)(F)F)cc1Cn1cncn1. The van der Waals surface area contributed by atoms with Crippen LogP contribution < -0.4 is 4.74 Å². The molecule has 18 heavy (non-hydrogen) atoms. The van der Waals surface area contributed by atoms with Gasteiger partial charge in [0.25, 0.3) is 0 Å². The Balaban J connectivity index is 2.21. The standard InChI is InChI=1S/C10H8F3N3O2/c11-10(12,13)18-8-1-2-9(17)7(3-8)4-16-6-14-5-15-16/h1-3,5-6,17H,4H2. The highest BCUT2D eigenvalue weighted by molar-refractivity contribution is 5.39. The number of rotatable bonds is 3. The van der Waals surface area contributed by atoms with E-state index in [2.05, 4.69) is 14.8 Å². The van der Waals surface area contributed by atoms with Crippen molar-refractivity contribution in [3.8, 4) is 11.5 Å². The van der Waals surface area contributed by atoms with Gasteiger partial charge in [-0.2, -0.15) is 5.10 Å². The average Bonchev–Trinajstić information content (AvgIpc) is 2.73. The van der Waals surface area contributed by atoms with Gasteiger partial charge in [-0.25, -0.2) is 9.67 Å². The molecular weight excluding hydrogens is 251 g/mol. The van der Waals surface area contributed by atoms with Crippen molar-refractivity contribution in [3.63, 3.8) is 0 Å². The summed E-state index contributed by atoms with van der Waals surface area (Å²) in [6.45, 7) is 0.0981. The first-order valence-electron chi connectivity index (χ1n) is 4.84. The highest BCUT2D eigenvalue weighted by atomic mass is 19.4. The summed E-state index contributed by atoms with van der Waals surface area (Å²) < 4.78 is 41.2. The highest BCUT2D eigenvalue weighted by Gasteiger charge is 2.31. The fourth-order valence-electron chi connectivity index (χ4n) is 1.37. The first kappa shape index (κ1) is 12.2. The molecule has 0 fully saturated rings. The molecule has 0 saturated carbocycles. The van der Waals surface area contributed by atoms with Crippen LogP contribution in [0.5, 0.6) is 11.5 Å². The van der Waals surface area contributed by atoms with Crippen LogP contribution in [-0.2, 0) is 6.54 Å². The molecule has 8 heteroatoms. The Morgan fingerprint density at radius 2 is 2.11 bits per heavy atom. The van der Waals surface area contributed by atoms with Gasteiger partial charge in [0, 0.05) is 5.56 Å². The van der Waals surface area contributed by atoms with Crippen molar-refractivity contribution >= 4 is 0 Å². The Bertz CT molecular complexity index is 526. The maximum atomic E-state index is 12.0. The number of phenols is 1. The lowest BCUT2D eigenvalue weighted by molar-refractivity contribution is -0.274. The molecule has 0 radical (unpaired) electrons. The van der Waals surface area contributed by atoms with E-state index in [1.807, 2.05) is 0 Å². The van der Waals surface area contributed by atoms with Crippen molar-refractivity contribution < 1.29 is 23.0 Å². The van der Waals surface area contributed by atoms with Gasteiger partial charge in [0.2, 0.25) is 0 Å². The molecule has 0 aliphatic heterocycles. The van der Waals surface area contributed by atoms with Gasteiger partial charge in [0.15, 0.2) is 0 Å². The first-order chi connectivity index (χ1) is 8.44. The molecule has 2 rings (SSSR count). The number of nitrogens with zero attached hydrogens (tertiary/aromatic N) is 3. The second-order valence-corrected chi connectivity index (χ2v) is 3.43. The van der Waals surface area contributed by atoms with E-state index in [4.69, 9.17) is 0 Å². The summed E-state index contributed by atoms with van der Waals surface area (Å²) in [7, 11) is 0. The van der Waals surface area contributed by atoms with E-state index < -0.39 is 12.1 Å². The molecule has 0 atom stereocenters. The smallest absolute Gasteiger partial charge is 0.508 e. The molecule has 0 amide bonds.